The maximum absolute atomic E-state index is 4.05. The van der Waals surface area contributed by atoms with Crippen LogP contribution in [0.4, 0.5) is 0 Å². The summed E-state index contributed by atoms with van der Waals surface area (Å²) in [4.78, 5) is 4.05. The third-order valence-electron chi connectivity index (χ3n) is 1.74. The molecule has 0 fully saturated rings. The van der Waals surface area contributed by atoms with Gasteiger partial charge in [0.25, 0.3) is 0 Å². The first kappa shape index (κ1) is 5.86. The van der Waals surface area contributed by atoms with Crippen molar-refractivity contribution in [1.29, 1.82) is 0 Å². The molecule has 1 N–H and O–H groups in total. The molecule has 1 aliphatic heterocycles. The van der Waals surface area contributed by atoms with Crippen LogP contribution in [0.1, 0.15) is 11.1 Å². The van der Waals surface area contributed by atoms with Crippen LogP contribution in [0.25, 0.3) is 0 Å². The fraction of sp³-hybridized carbons (Fsp3) is 0.250. The molecule has 2 nitrogen and oxygen atoms in total. The molecule has 51 valence electrons. The van der Waals surface area contributed by atoms with Crippen molar-refractivity contribution in [2.75, 3.05) is 6.54 Å². The zero-order valence-electron chi connectivity index (χ0n) is 5.67. The summed E-state index contributed by atoms with van der Waals surface area (Å²) in [5, 5.41) is 3.19. The third kappa shape index (κ3) is 0.907. The Balaban J connectivity index is 2.41. The van der Waals surface area contributed by atoms with Crippen LogP contribution < -0.4 is 5.32 Å². The summed E-state index contributed by atoms with van der Waals surface area (Å²) in [7, 11) is 0. The maximum Gasteiger partial charge on any atom is 0.0522 e. The van der Waals surface area contributed by atoms with Gasteiger partial charge in [-0.2, -0.15) is 0 Å². The van der Waals surface area contributed by atoms with Crippen molar-refractivity contribution >= 4 is 0 Å². The fourth-order valence-corrected chi connectivity index (χ4v) is 1.18. The highest BCUT2D eigenvalue weighted by Crippen LogP contribution is 2.11. The van der Waals surface area contributed by atoms with E-state index in [4.69, 9.17) is 0 Å². The summed E-state index contributed by atoms with van der Waals surface area (Å²) in [5.41, 5.74) is 2.63. The van der Waals surface area contributed by atoms with Crippen LogP contribution in [0.2, 0.25) is 0 Å². The number of rotatable bonds is 0. The highest BCUT2D eigenvalue weighted by atomic mass is 14.9. The third-order valence-corrected chi connectivity index (χ3v) is 1.74. The lowest BCUT2D eigenvalue weighted by atomic mass is 10.0. The minimum absolute atomic E-state index is 1.04. The molecule has 0 unspecified atom stereocenters. The lowest BCUT2D eigenvalue weighted by Gasteiger charge is -2.14. The van der Waals surface area contributed by atoms with Gasteiger partial charge in [0.05, 0.1) is 6.54 Å². The Labute approximate surface area is 60.3 Å². The van der Waals surface area contributed by atoms with Crippen LogP contribution in [-0.4, -0.2) is 11.5 Å². The molecule has 0 bridgehead atoms. The first-order valence-electron chi connectivity index (χ1n) is 3.46. The predicted molar refractivity (Wildman–Crippen MR) is 39.3 cm³/mol. The molecule has 1 aromatic heterocycles. The highest BCUT2D eigenvalue weighted by molar-refractivity contribution is 5.31. The molecule has 1 aliphatic rings. The first-order valence-corrected chi connectivity index (χ1v) is 3.46. The highest BCUT2D eigenvalue weighted by Gasteiger charge is 2.06. The van der Waals surface area contributed by atoms with Gasteiger partial charge in [0.1, 0.15) is 0 Å². The Morgan fingerprint density at radius 1 is 1.50 bits per heavy atom. The van der Waals surface area contributed by atoms with Crippen molar-refractivity contribution in [1.82, 2.24) is 10.3 Å². The van der Waals surface area contributed by atoms with E-state index in [1.807, 2.05) is 25.0 Å². The topological polar surface area (TPSA) is 24.9 Å². The van der Waals surface area contributed by atoms with Crippen LogP contribution in [0.5, 0.6) is 0 Å². The smallest absolute Gasteiger partial charge is 0.0522 e. The van der Waals surface area contributed by atoms with Gasteiger partial charge in [-0.3, -0.25) is 4.98 Å². The standard InChI is InChI=1S/C8H9N2/c1-3-9-6-8-2-4-10-5-7(1)8/h1,3,5-6,10H,2,4H2. The zero-order chi connectivity index (χ0) is 6.81. The van der Waals surface area contributed by atoms with Crippen molar-refractivity contribution in [3.63, 3.8) is 0 Å². The Morgan fingerprint density at radius 3 is 3.40 bits per heavy atom. The molecule has 0 atom stereocenters. The molecular weight excluding hydrogens is 124 g/mol. The largest absolute Gasteiger partial charge is 0.308 e. The second kappa shape index (κ2) is 2.39. The molecule has 0 amide bonds. The molecule has 2 rings (SSSR count). The second-order valence-corrected chi connectivity index (χ2v) is 2.42. The number of hydrogen-bond donors (Lipinski definition) is 1. The number of hydrogen-bond acceptors (Lipinski definition) is 2. The maximum atomic E-state index is 4.05. The number of nitrogens with one attached hydrogen (secondary N) is 1. The molecule has 2 heterocycles. The molecule has 2 heteroatoms. The Morgan fingerprint density at radius 2 is 2.50 bits per heavy atom. The monoisotopic (exact) mass is 133 g/mol. The molecule has 1 aromatic rings. The van der Waals surface area contributed by atoms with Crippen LogP contribution in [0.3, 0.4) is 0 Å². The normalized spacial score (nSPS) is 16.4. The van der Waals surface area contributed by atoms with E-state index in [1.165, 1.54) is 11.1 Å². The Hall–Kier alpha value is -0.890. The average molecular weight is 133 g/mol. The zero-order valence-corrected chi connectivity index (χ0v) is 5.67. The van der Waals surface area contributed by atoms with Gasteiger partial charge in [-0.25, -0.2) is 0 Å². The summed E-state index contributed by atoms with van der Waals surface area (Å²) in [5.74, 6) is 0. The number of nitrogens with zero attached hydrogens (tertiary/aromatic N) is 1. The minimum Gasteiger partial charge on any atom is -0.308 e. The molecule has 0 aliphatic carbocycles. The van der Waals surface area contributed by atoms with Gasteiger partial charge < -0.3 is 5.32 Å². The van der Waals surface area contributed by atoms with E-state index in [-0.39, 0.29) is 0 Å². The van der Waals surface area contributed by atoms with E-state index >= 15 is 0 Å². The quantitative estimate of drug-likeness (QED) is 0.564. The van der Waals surface area contributed by atoms with Gasteiger partial charge in [-0.1, -0.05) is 0 Å². The van der Waals surface area contributed by atoms with Gasteiger partial charge >= 0.3 is 0 Å². The van der Waals surface area contributed by atoms with Crippen LogP contribution in [0.15, 0.2) is 18.5 Å². The Bertz CT molecular complexity index is 207. The summed E-state index contributed by atoms with van der Waals surface area (Å²) in [6.07, 6.45) is 4.86. The summed E-state index contributed by atoms with van der Waals surface area (Å²) in [6.45, 7) is 3.08. The minimum atomic E-state index is 1.04. The van der Waals surface area contributed by atoms with E-state index in [1.54, 1.807) is 0 Å². The molecule has 1 radical (unpaired) electrons. The van der Waals surface area contributed by atoms with Gasteiger partial charge in [0.2, 0.25) is 0 Å². The lowest BCUT2D eigenvalue weighted by molar-refractivity contribution is 0.749. The van der Waals surface area contributed by atoms with Gasteiger partial charge in [0.15, 0.2) is 0 Å². The number of pyridine rings is 1. The summed E-state index contributed by atoms with van der Waals surface area (Å²) in [6, 6.07) is 2.03. The summed E-state index contributed by atoms with van der Waals surface area (Å²) < 4.78 is 0. The van der Waals surface area contributed by atoms with Gasteiger partial charge in [0, 0.05) is 12.4 Å². The van der Waals surface area contributed by atoms with E-state index in [9.17, 15) is 0 Å². The van der Waals surface area contributed by atoms with Crippen molar-refractivity contribution in [3.05, 3.63) is 36.1 Å². The van der Waals surface area contributed by atoms with Crippen LogP contribution in [-0.2, 0) is 6.42 Å². The van der Waals surface area contributed by atoms with E-state index in [2.05, 4.69) is 10.3 Å². The van der Waals surface area contributed by atoms with Gasteiger partial charge in [-0.15, -0.1) is 0 Å². The SMILES string of the molecule is [CH]1NCCc2cnccc21. The summed E-state index contributed by atoms with van der Waals surface area (Å²) >= 11 is 0. The second-order valence-electron chi connectivity index (χ2n) is 2.42. The average Bonchev–Trinajstić information content (AvgIpc) is 2.05. The number of fused-ring (bicyclic) bond motifs is 1. The van der Waals surface area contributed by atoms with E-state index < -0.39 is 0 Å². The van der Waals surface area contributed by atoms with E-state index in [0.717, 1.165) is 13.0 Å². The van der Waals surface area contributed by atoms with E-state index in [0.29, 0.717) is 0 Å². The predicted octanol–water partition coefficient (Wildman–Crippen LogP) is 0.737. The van der Waals surface area contributed by atoms with Crippen molar-refractivity contribution in [3.8, 4) is 0 Å². The molecule has 0 spiro atoms. The molecule has 10 heavy (non-hydrogen) atoms. The fourth-order valence-electron chi connectivity index (χ4n) is 1.18. The Kier molecular flexibility index (Phi) is 1.40. The van der Waals surface area contributed by atoms with Crippen LogP contribution in [0, 0.1) is 6.54 Å². The molecule has 0 saturated heterocycles. The number of aromatic nitrogens is 1. The molecular formula is C8H9N2. The van der Waals surface area contributed by atoms with Crippen molar-refractivity contribution < 1.29 is 0 Å². The molecule has 0 aromatic carbocycles. The van der Waals surface area contributed by atoms with Crippen molar-refractivity contribution in [2.24, 2.45) is 0 Å². The lowest BCUT2D eigenvalue weighted by Crippen LogP contribution is -2.21. The van der Waals surface area contributed by atoms with Crippen LogP contribution >= 0.6 is 0 Å². The first-order chi connectivity index (χ1) is 4.97. The van der Waals surface area contributed by atoms with Gasteiger partial charge in [-0.05, 0) is 30.2 Å². The van der Waals surface area contributed by atoms with Crippen molar-refractivity contribution in [2.45, 2.75) is 6.42 Å². The molecule has 0 saturated carbocycles.